The van der Waals surface area contributed by atoms with Gasteiger partial charge in [0.05, 0.1) is 23.7 Å². The lowest BCUT2D eigenvalue weighted by Crippen LogP contribution is -2.52. The molecule has 0 spiro atoms. The number of ether oxygens (including phenoxy) is 1. The third-order valence-electron chi connectivity index (χ3n) is 3.75. The number of halogens is 1. The van der Waals surface area contributed by atoms with Crippen LogP contribution in [0.1, 0.15) is 20.3 Å². The van der Waals surface area contributed by atoms with E-state index in [1.165, 1.54) is 0 Å². The molecule has 0 radical (unpaired) electrons. The SMILES string of the molecule is CC(C)(O)CN1CCN(C(=O)CCOc2ccccc2Cl)CC1. The first-order chi connectivity index (χ1) is 10.8. The molecule has 1 heterocycles. The van der Waals surface area contributed by atoms with Crippen molar-refractivity contribution >= 4 is 17.5 Å². The average Bonchev–Trinajstić information content (AvgIpc) is 2.48. The monoisotopic (exact) mass is 340 g/mol. The minimum Gasteiger partial charge on any atom is -0.491 e. The number of para-hydroxylation sites is 1. The van der Waals surface area contributed by atoms with Crippen molar-refractivity contribution in [2.45, 2.75) is 25.9 Å². The summed E-state index contributed by atoms with van der Waals surface area (Å²) < 4.78 is 5.56. The molecule has 128 valence electrons. The summed E-state index contributed by atoms with van der Waals surface area (Å²) in [6.07, 6.45) is 0.344. The Balaban J connectivity index is 1.70. The van der Waals surface area contributed by atoms with Gasteiger partial charge in [0.1, 0.15) is 5.75 Å². The summed E-state index contributed by atoms with van der Waals surface area (Å²) in [6.45, 7) is 7.54. The maximum absolute atomic E-state index is 12.2. The molecule has 1 aromatic rings. The Labute approximate surface area is 142 Å². The van der Waals surface area contributed by atoms with E-state index in [9.17, 15) is 9.90 Å². The number of hydrogen-bond donors (Lipinski definition) is 1. The molecule has 1 aromatic carbocycles. The van der Waals surface area contributed by atoms with E-state index in [-0.39, 0.29) is 5.91 Å². The van der Waals surface area contributed by atoms with Crippen LogP contribution >= 0.6 is 11.6 Å². The van der Waals surface area contributed by atoms with Gasteiger partial charge < -0.3 is 14.7 Å². The summed E-state index contributed by atoms with van der Waals surface area (Å²) in [5.41, 5.74) is -0.699. The summed E-state index contributed by atoms with van der Waals surface area (Å²) in [5, 5.41) is 10.4. The third-order valence-corrected chi connectivity index (χ3v) is 4.06. The van der Waals surface area contributed by atoms with Crippen LogP contribution in [0.3, 0.4) is 0 Å². The van der Waals surface area contributed by atoms with E-state index >= 15 is 0 Å². The predicted molar refractivity (Wildman–Crippen MR) is 90.9 cm³/mol. The van der Waals surface area contributed by atoms with Crippen molar-refractivity contribution in [2.75, 3.05) is 39.3 Å². The normalized spacial score (nSPS) is 16.4. The van der Waals surface area contributed by atoms with Crippen LogP contribution in [0.5, 0.6) is 5.75 Å². The van der Waals surface area contributed by atoms with Crippen LogP contribution in [-0.4, -0.2) is 65.7 Å². The van der Waals surface area contributed by atoms with Crippen molar-refractivity contribution < 1.29 is 14.6 Å². The Bertz CT molecular complexity index is 523. The Morgan fingerprint density at radius 1 is 1.26 bits per heavy atom. The van der Waals surface area contributed by atoms with E-state index in [0.717, 1.165) is 13.1 Å². The van der Waals surface area contributed by atoms with Gasteiger partial charge in [-0.1, -0.05) is 23.7 Å². The second-order valence-corrected chi connectivity index (χ2v) is 6.91. The fourth-order valence-corrected chi connectivity index (χ4v) is 2.86. The number of rotatable bonds is 6. The summed E-state index contributed by atoms with van der Waals surface area (Å²) in [5.74, 6) is 0.705. The lowest BCUT2D eigenvalue weighted by molar-refractivity contribution is -0.133. The van der Waals surface area contributed by atoms with Gasteiger partial charge in [0.2, 0.25) is 5.91 Å². The molecule has 0 aliphatic carbocycles. The molecule has 23 heavy (non-hydrogen) atoms. The molecule has 0 atom stereocenters. The van der Waals surface area contributed by atoms with Gasteiger partial charge in [-0.2, -0.15) is 0 Å². The molecule has 2 rings (SSSR count). The Morgan fingerprint density at radius 3 is 2.52 bits per heavy atom. The fraction of sp³-hybridized carbons (Fsp3) is 0.588. The van der Waals surface area contributed by atoms with Gasteiger partial charge in [-0.05, 0) is 26.0 Å². The number of aliphatic hydroxyl groups is 1. The Hall–Kier alpha value is -1.30. The first-order valence-corrected chi connectivity index (χ1v) is 8.33. The first-order valence-electron chi connectivity index (χ1n) is 7.95. The van der Waals surface area contributed by atoms with Gasteiger partial charge in [-0.25, -0.2) is 0 Å². The number of carbonyl (C=O) groups excluding carboxylic acids is 1. The highest BCUT2D eigenvalue weighted by atomic mass is 35.5. The summed E-state index contributed by atoms with van der Waals surface area (Å²) >= 11 is 6.01. The average molecular weight is 341 g/mol. The molecule has 0 aromatic heterocycles. The van der Waals surface area contributed by atoms with Gasteiger partial charge >= 0.3 is 0 Å². The van der Waals surface area contributed by atoms with Crippen LogP contribution in [0.2, 0.25) is 5.02 Å². The minimum absolute atomic E-state index is 0.0972. The third kappa shape index (κ3) is 6.01. The minimum atomic E-state index is -0.699. The second-order valence-electron chi connectivity index (χ2n) is 6.50. The van der Waals surface area contributed by atoms with Gasteiger partial charge in [-0.15, -0.1) is 0 Å². The molecule has 1 aliphatic rings. The number of β-amino-alcohol motifs (C(OH)–C–C–N with tert-alkyl or cyclic N) is 1. The largest absolute Gasteiger partial charge is 0.491 e. The van der Waals surface area contributed by atoms with E-state index in [1.807, 2.05) is 17.0 Å². The highest BCUT2D eigenvalue weighted by molar-refractivity contribution is 6.32. The van der Waals surface area contributed by atoms with Crippen LogP contribution < -0.4 is 4.74 Å². The van der Waals surface area contributed by atoms with E-state index in [0.29, 0.717) is 43.4 Å². The molecule has 0 bridgehead atoms. The van der Waals surface area contributed by atoms with E-state index in [2.05, 4.69) is 4.90 Å². The molecule has 1 aliphatic heterocycles. The number of piperazine rings is 1. The van der Waals surface area contributed by atoms with Gasteiger partial charge in [-0.3, -0.25) is 9.69 Å². The fourth-order valence-electron chi connectivity index (χ4n) is 2.67. The molecule has 0 saturated carbocycles. The topological polar surface area (TPSA) is 53.0 Å². The van der Waals surface area contributed by atoms with Crippen molar-refractivity contribution in [3.63, 3.8) is 0 Å². The van der Waals surface area contributed by atoms with Crippen molar-refractivity contribution in [1.82, 2.24) is 9.80 Å². The number of carbonyl (C=O) groups is 1. The zero-order valence-corrected chi connectivity index (χ0v) is 14.6. The van der Waals surface area contributed by atoms with E-state index in [4.69, 9.17) is 16.3 Å². The van der Waals surface area contributed by atoms with Crippen LogP contribution in [0.25, 0.3) is 0 Å². The van der Waals surface area contributed by atoms with Crippen LogP contribution in [0, 0.1) is 0 Å². The van der Waals surface area contributed by atoms with Gasteiger partial charge in [0.25, 0.3) is 0 Å². The first kappa shape index (κ1) is 18.0. The van der Waals surface area contributed by atoms with Crippen molar-refractivity contribution in [3.05, 3.63) is 29.3 Å². The summed E-state index contributed by atoms with van der Waals surface area (Å²) in [7, 11) is 0. The van der Waals surface area contributed by atoms with Crippen LogP contribution in [-0.2, 0) is 4.79 Å². The number of benzene rings is 1. The molecule has 1 amide bonds. The molecule has 1 N–H and O–H groups in total. The van der Waals surface area contributed by atoms with E-state index in [1.54, 1.807) is 26.0 Å². The van der Waals surface area contributed by atoms with Crippen molar-refractivity contribution in [2.24, 2.45) is 0 Å². The molecule has 6 heteroatoms. The summed E-state index contributed by atoms with van der Waals surface area (Å²) in [6, 6.07) is 7.25. The van der Waals surface area contributed by atoms with Crippen LogP contribution in [0.4, 0.5) is 0 Å². The zero-order valence-electron chi connectivity index (χ0n) is 13.8. The maximum Gasteiger partial charge on any atom is 0.226 e. The van der Waals surface area contributed by atoms with Gasteiger partial charge in [0, 0.05) is 32.7 Å². The zero-order chi connectivity index (χ0) is 16.9. The lowest BCUT2D eigenvalue weighted by atomic mass is 10.1. The molecule has 1 fully saturated rings. The predicted octanol–water partition coefficient (Wildman–Crippen LogP) is 2.02. The molecule has 1 saturated heterocycles. The summed E-state index contributed by atoms with van der Waals surface area (Å²) in [4.78, 5) is 16.3. The van der Waals surface area contributed by atoms with Crippen LogP contribution in [0.15, 0.2) is 24.3 Å². The smallest absolute Gasteiger partial charge is 0.226 e. The van der Waals surface area contributed by atoms with Crippen molar-refractivity contribution in [1.29, 1.82) is 0 Å². The molecular weight excluding hydrogens is 316 g/mol. The highest BCUT2D eigenvalue weighted by Crippen LogP contribution is 2.23. The highest BCUT2D eigenvalue weighted by Gasteiger charge is 2.24. The van der Waals surface area contributed by atoms with E-state index < -0.39 is 5.60 Å². The maximum atomic E-state index is 12.2. The number of amides is 1. The van der Waals surface area contributed by atoms with Gasteiger partial charge in [0.15, 0.2) is 0 Å². The molecule has 0 unspecified atom stereocenters. The second kappa shape index (κ2) is 7.99. The number of hydrogen-bond acceptors (Lipinski definition) is 4. The molecular formula is C17H25ClN2O3. The van der Waals surface area contributed by atoms with Crippen molar-refractivity contribution in [3.8, 4) is 5.75 Å². The molecule has 5 nitrogen and oxygen atoms in total. The number of nitrogens with zero attached hydrogens (tertiary/aromatic N) is 2. The standard InChI is InChI=1S/C17H25ClN2O3/c1-17(2,22)13-19-8-10-20(11-9-19)16(21)7-12-23-15-6-4-3-5-14(15)18/h3-6,22H,7-13H2,1-2H3. The Morgan fingerprint density at radius 2 is 1.91 bits per heavy atom. The Kier molecular flexibility index (Phi) is 6.27. The lowest BCUT2D eigenvalue weighted by Gasteiger charge is -2.37. The quantitative estimate of drug-likeness (QED) is 0.861.